The second-order valence-corrected chi connectivity index (χ2v) is 8.64. The van der Waals surface area contributed by atoms with Crippen molar-refractivity contribution in [3.8, 4) is 10.9 Å². The van der Waals surface area contributed by atoms with Gasteiger partial charge in [-0.3, -0.25) is 4.79 Å². The molecular weight excluding hydrogens is 420 g/mol. The molecule has 2 aromatic carbocycles. The van der Waals surface area contributed by atoms with E-state index in [0.29, 0.717) is 11.4 Å². The van der Waals surface area contributed by atoms with Crippen molar-refractivity contribution in [3.05, 3.63) is 87.7 Å². The quantitative estimate of drug-likeness (QED) is 0.432. The van der Waals surface area contributed by atoms with Crippen molar-refractivity contribution in [2.24, 2.45) is 0 Å². The summed E-state index contributed by atoms with van der Waals surface area (Å²) in [6.07, 6.45) is 1.03. The molecule has 6 nitrogen and oxygen atoms in total. The van der Waals surface area contributed by atoms with Gasteiger partial charge in [-0.05, 0) is 38.5 Å². The van der Waals surface area contributed by atoms with Crippen molar-refractivity contribution >= 4 is 22.9 Å². The van der Waals surface area contributed by atoms with Crippen LogP contribution in [0.25, 0.3) is 5.13 Å². The summed E-state index contributed by atoms with van der Waals surface area (Å²) in [5, 5.41) is 10.3. The summed E-state index contributed by atoms with van der Waals surface area (Å²) in [5.74, 6) is 0.577. The number of hydrogen-bond acceptors (Lipinski definition) is 5. The number of carbonyl (C=O) groups excluding carboxylic acids is 1. The normalized spacial score (nSPS) is 10.9. The molecule has 4 aromatic rings. The second-order valence-electron chi connectivity index (χ2n) is 7.80. The van der Waals surface area contributed by atoms with Gasteiger partial charge < -0.3 is 10.1 Å². The summed E-state index contributed by atoms with van der Waals surface area (Å²) >= 11 is 1.49. The van der Waals surface area contributed by atoms with Crippen molar-refractivity contribution in [1.82, 2.24) is 14.8 Å². The Kier molecular flexibility index (Phi) is 6.37. The molecule has 2 heterocycles. The molecular formula is C25H26N4O2S. The first-order valence-electron chi connectivity index (χ1n) is 10.4. The van der Waals surface area contributed by atoms with Gasteiger partial charge >= 0.3 is 0 Å². The fourth-order valence-electron chi connectivity index (χ4n) is 3.57. The van der Waals surface area contributed by atoms with E-state index < -0.39 is 0 Å². The molecule has 0 aliphatic rings. The number of carbonyl (C=O) groups is 1. The van der Waals surface area contributed by atoms with Gasteiger partial charge in [-0.1, -0.05) is 35.9 Å². The second kappa shape index (κ2) is 9.36. The minimum absolute atomic E-state index is 0.122. The highest BCUT2D eigenvalue weighted by molar-refractivity contribution is 7.12. The zero-order valence-corrected chi connectivity index (χ0v) is 19.5. The van der Waals surface area contributed by atoms with Crippen LogP contribution in [0.4, 0.5) is 5.69 Å². The third-order valence-corrected chi connectivity index (χ3v) is 6.22. The standard InChI is InChI=1S/C25H26N4O2S/c1-16-8-10-19(11-9-16)12-23-17(2)28-29(18(23)3)25-27-21(15-32-25)14-24(30)26-20-6-5-7-22(13-20)31-4/h5-11,13,15H,12,14H2,1-4H3,(H,26,30). The number of aromatic nitrogens is 3. The van der Waals surface area contributed by atoms with E-state index in [2.05, 4.69) is 48.4 Å². The van der Waals surface area contributed by atoms with Crippen LogP contribution in [0.5, 0.6) is 5.75 Å². The molecule has 0 unspecified atom stereocenters. The van der Waals surface area contributed by atoms with Crippen LogP contribution in [-0.2, 0) is 17.6 Å². The van der Waals surface area contributed by atoms with Gasteiger partial charge in [0.25, 0.3) is 0 Å². The van der Waals surface area contributed by atoms with Crippen molar-refractivity contribution in [2.75, 3.05) is 12.4 Å². The fourth-order valence-corrected chi connectivity index (χ4v) is 4.40. The summed E-state index contributed by atoms with van der Waals surface area (Å²) in [6.45, 7) is 6.19. The number of aryl methyl sites for hydroxylation is 2. The average Bonchev–Trinajstić information content (AvgIpc) is 3.34. The Morgan fingerprint density at radius 2 is 1.91 bits per heavy atom. The van der Waals surface area contributed by atoms with Gasteiger partial charge in [-0.15, -0.1) is 11.3 Å². The van der Waals surface area contributed by atoms with Crippen LogP contribution in [0.2, 0.25) is 0 Å². The Labute approximate surface area is 191 Å². The summed E-state index contributed by atoms with van der Waals surface area (Å²) in [5.41, 5.74) is 7.21. The number of nitrogens with one attached hydrogen (secondary N) is 1. The number of benzene rings is 2. The van der Waals surface area contributed by atoms with Crippen molar-refractivity contribution in [2.45, 2.75) is 33.6 Å². The van der Waals surface area contributed by atoms with Gasteiger partial charge in [-0.2, -0.15) is 5.10 Å². The van der Waals surface area contributed by atoms with Crippen LogP contribution in [0.3, 0.4) is 0 Å². The average molecular weight is 447 g/mol. The molecule has 0 aliphatic carbocycles. The van der Waals surface area contributed by atoms with E-state index in [-0.39, 0.29) is 12.3 Å². The van der Waals surface area contributed by atoms with Gasteiger partial charge in [0.1, 0.15) is 5.75 Å². The van der Waals surface area contributed by atoms with E-state index in [0.717, 1.165) is 28.6 Å². The first-order valence-corrected chi connectivity index (χ1v) is 11.3. The Balaban J connectivity index is 1.47. The smallest absolute Gasteiger partial charge is 0.230 e. The molecule has 32 heavy (non-hydrogen) atoms. The van der Waals surface area contributed by atoms with E-state index >= 15 is 0 Å². The lowest BCUT2D eigenvalue weighted by Gasteiger charge is -2.06. The minimum atomic E-state index is -0.122. The number of amides is 1. The monoisotopic (exact) mass is 446 g/mol. The molecule has 4 rings (SSSR count). The summed E-state index contributed by atoms with van der Waals surface area (Å²) in [6, 6.07) is 15.9. The maximum absolute atomic E-state index is 12.5. The van der Waals surface area contributed by atoms with E-state index in [1.54, 1.807) is 13.2 Å². The first-order chi connectivity index (χ1) is 15.4. The van der Waals surface area contributed by atoms with E-state index in [1.165, 1.54) is 28.0 Å². The largest absolute Gasteiger partial charge is 0.497 e. The number of ether oxygens (including phenoxy) is 1. The van der Waals surface area contributed by atoms with Crippen molar-refractivity contribution in [3.63, 3.8) is 0 Å². The summed E-state index contributed by atoms with van der Waals surface area (Å²) in [4.78, 5) is 17.1. The van der Waals surface area contributed by atoms with Gasteiger partial charge in [0.2, 0.25) is 11.0 Å². The molecule has 2 aromatic heterocycles. The van der Waals surface area contributed by atoms with E-state index in [1.807, 2.05) is 35.2 Å². The van der Waals surface area contributed by atoms with E-state index in [9.17, 15) is 4.79 Å². The number of rotatable bonds is 7. The van der Waals surface area contributed by atoms with Crippen molar-refractivity contribution in [1.29, 1.82) is 0 Å². The molecule has 0 radical (unpaired) electrons. The third-order valence-electron chi connectivity index (χ3n) is 5.36. The predicted octanol–water partition coefficient (Wildman–Crippen LogP) is 5.03. The van der Waals surface area contributed by atoms with Crippen LogP contribution in [0, 0.1) is 20.8 Å². The number of thiazole rings is 1. The zero-order valence-electron chi connectivity index (χ0n) is 18.7. The van der Waals surface area contributed by atoms with Crippen LogP contribution in [0.15, 0.2) is 53.9 Å². The topological polar surface area (TPSA) is 69.0 Å². The molecule has 0 fully saturated rings. The molecule has 0 aliphatic heterocycles. The van der Waals surface area contributed by atoms with Crippen LogP contribution >= 0.6 is 11.3 Å². The molecule has 164 valence electrons. The highest BCUT2D eigenvalue weighted by atomic mass is 32.1. The van der Waals surface area contributed by atoms with Gasteiger partial charge in [0.15, 0.2) is 0 Å². The van der Waals surface area contributed by atoms with Crippen LogP contribution in [0.1, 0.15) is 33.8 Å². The third kappa shape index (κ3) is 4.89. The van der Waals surface area contributed by atoms with E-state index in [4.69, 9.17) is 9.84 Å². The lowest BCUT2D eigenvalue weighted by molar-refractivity contribution is -0.115. The maximum Gasteiger partial charge on any atom is 0.230 e. The molecule has 1 amide bonds. The molecule has 0 saturated heterocycles. The van der Waals surface area contributed by atoms with Crippen LogP contribution in [-0.4, -0.2) is 27.8 Å². The number of anilines is 1. The Morgan fingerprint density at radius 1 is 1.12 bits per heavy atom. The SMILES string of the molecule is COc1cccc(NC(=O)Cc2csc(-n3nc(C)c(Cc4ccc(C)cc4)c3C)n2)c1. The Bertz CT molecular complexity index is 1240. The highest BCUT2D eigenvalue weighted by Gasteiger charge is 2.16. The molecule has 0 atom stereocenters. The Hall–Kier alpha value is -3.45. The number of methoxy groups -OCH3 is 1. The van der Waals surface area contributed by atoms with Crippen molar-refractivity contribution < 1.29 is 9.53 Å². The molecule has 0 bridgehead atoms. The molecule has 0 saturated carbocycles. The lowest BCUT2D eigenvalue weighted by Crippen LogP contribution is -2.14. The summed E-state index contributed by atoms with van der Waals surface area (Å²) < 4.78 is 7.08. The van der Waals surface area contributed by atoms with Gasteiger partial charge in [-0.25, -0.2) is 9.67 Å². The van der Waals surface area contributed by atoms with Gasteiger partial charge in [0.05, 0.1) is 24.9 Å². The Morgan fingerprint density at radius 3 is 2.66 bits per heavy atom. The van der Waals surface area contributed by atoms with Crippen LogP contribution < -0.4 is 10.1 Å². The lowest BCUT2D eigenvalue weighted by atomic mass is 10.0. The number of hydrogen-bond donors (Lipinski definition) is 1. The molecule has 0 spiro atoms. The zero-order chi connectivity index (χ0) is 22.7. The predicted molar refractivity (Wildman–Crippen MR) is 128 cm³/mol. The molecule has 7 heteroatoms. The fraction of sp³-hybridized carbons (Fsp3) is 0.240. The first kappa shape index (κ1) is 21.8. The highest BCUT2D eigenvalue weighted by Crippen LogP contribution is 2.24. The minimum Gasteiger partial charge on any atom is -0.497 e. The molecule has 1 N–H and O–H groups in total. The summed E-state index contributed by atoms with van der Waals surface area (Å²) in [7, 11) is 1.60. The number of nitrogens with zero attached hydrogens (tertiary/aromatic N) is 3. The maximum atomic E-state index is 12.5. The van der Waals surface area contributed by atoms with Gasteiger partial charge in [0, 0.05) is 34.8 Å².